The Morgan fingerprint density at radius 3 is 1.62 bits per heavy atom. The molecule has 3 N–H and O–H groups in total. The molecule has 0 unspecified atom stereocenters. The summed E-state index contributed by atoms with van der Waals surface area (Å²) < 4.78 is 12.0. The Bertz CT molecular complexity index is 3410. The standard InChI is InChI=1S/C65H62N4O4/c1-43(39-51-30-18-29-50(65(51,71)42-73-44(2)70)37-38-72-41-45-19-8-3-9-20-45)52-40-59-62(48-25-14-6-15-26-48)57-34-33-55(67-57)60(46-21-10-4-11-22-46)53-31-32-54(66-53)61(47-23-12-5-13-24-47)56-35-36-58(68-56)63(64(52)69-59)49-27-16-7-17-28-49/h3-17,19-28,31-36,43,50-52,67-68,71H,18,29-30,37-42H2,1-2H3/t43-,50-,51+,52+,65-/m0/s1. The van der Waals surface area contributed by atoms with E-state index in [0.717, 1.165) is 114 Å². The molecule has 0 spiro atoms. The van der Waals surface area contributed by atoms with Crippen LogP contribution in [-0.2, 0) is 27.3 Å². The van der Waals surface area contributed by atoms with Gasteiger partial charge in [-0.05, 0) is 114 Å². The van der Waals surface area contributed by atoms with Crippen LogP contribution in [0.3, 0.4) is 0 Å². The second kappa shape index (κ2) is 21.2. The van der Waals surface area contributed by atoms with E-state index in [1.54, 1.807) is 0 Å². The minimum absolute atomic E-state index is 0.0400. The quantitative estimate of drug-likeness (QED) is 0.0739. The zero-order chi connectivity index (χ0) is 49.7. The van der Waals surface area contributed by atoms with Gasteiger partial charge < -0.3 is 24.5 Å². The zero-order valence-electron chi connectivity index (χ0n) is 41.6. The number of nitrogens with zero attached hydrogens (tertiary/aromatic N) is 2. The second-order valence-electron chi connectivity index (χ2n) is 20.1. The van der Waals surface area contributed by atoms with Gasteiger partial charge in [0.2, 0.25) is 0 Å². The lowest BCUT2D eigenvalue weighted by Crippen LogP contribution is -2.52. The SMILES string of the molecule is CC(=O)OC[C@]1(O)[C@H](CCOCc2ccccc2)CCC[C@@H]1C[C@H](C)[C@H]1Cc2nc1c(-c1ccccc1)c1ccc([nH]1)c(-c1ccccc1)c1nc(c(-c3ccccc3)c3ccc([nH]3)c2-c2ccccc2)C=C1. The number of fused-ring (bicyclic) bond motifs is 8. The molecule has 3 aromatic heterocycles. The summed E-state index contributed by atoms with van der Waals surface area (Å²) in [7, 11) is 0. The summed E-state index contributed by atoms with van der Waals surface area (Å²) in [5.74, 6) is -0.597. The van der Waals surface area contributed by atoms with Crippen molar-refractivity contribution in [2.75, 3.05) is 13.2 Å². The summed E-state index contributed by atoms with van der Waals surface area (Å²) in [4.78, 5) is 31.8. The van der Waals surface area contributed by atoms with E-state index in [2.05, 4.69) is 187 Å². The first kappa shape index (κ1) is 47.7. The Labute approximate surface area is 427 Å². The Balaban J connectivity index is 1.11. The Morgan fingerprint density at radius 1 is 0.616 bits per heavy atom. The summed E-state index contributed by atoms with van der Waals surface area (Å²) in [5, 5.41) is 13.1. The number of aromatic amines is 2. The van der Waals surface area contributed by atoms with Crippen LogP contribution in [0.25, 0.3) is 78.7 Å². The van der Waals surface area contributed by atoms with Gasteiger partial charge in [-0.3, -0.25) is 9.78 Å². The van der Waals surface area contributed by atoms with Crippen LogP contribution >= 0.6 is 0 Å². The summed E-state index contributed by atoms with van der Waals surface area (Å²) in [6.45, 7) is 4.74. The van der Waals surface area contributed by atoms with Crippen molar-refractivity contribution in [2.24, 2.45) is 17.8 Å². The number of hydrogen-bond acceptors (Lipinski definition) is 6. The highest BCUT2D eigenvalue weighted by molar-refractivity contribution is 5.97. The molecule has 73 heavy (non-hydrogen) atoms. The average Bonchev–Trinajstić information content (AvgIpc) is 4.28. The third-order valence-corrected chi connectivity index (χ3v) is 15.5. The van der Waals surface area contributed by atoms with Crippen molar-refractivity contribution in [1.82, 2.24) is 19.9 Å². The number of aromatic nitrogens is 4. The van der Waals surface area contributed by atoms with E-state index in [1.165, 1.54) is 6.92 Å². The lowest BCUT2D eigenvalue weighted by molar-refractivity contribution is -0.170. The van der Waals surface area contributed by atoms with E-state index < -0.39 is 5.60 Å². The number of hydrogen-bond donors (Lipinski definition) is 3. The number of H-pyrrole nitrogens is 2. The Hall–Kier alpha value is -7.65. The van der Waals surface area contributed by atoms with Crippen LogP contribution in [-0.4, -0.2) is 49.8 Å². The number of benzene rings is 5. The predicted octanol–water partition coefficient (Wildman–Crippen LogP) is 14.8. The molecule has 8 nitrogen and oxygen atoms in total. The summed E-state index contributed by atoms with van der Waals surface area (Å²) in [6.07, 6.45) is 8.99. The fourth-order valence-corrected chi connectivity index (χ4v) is 11.9. The fourth-order valence-electron chi connectivity index (χ4n) is 11.9. The van der Waals surface area contributed by atoms with E-state index in [0.29, 0.717) is 32.5 Å². The summed E-state index contributed by atoms with van der Waals surface area (Å²) >= 11 is 0. The van der Waals surface area contributed by atoms with Crippen LogP contribution in [0.4, 0.5) is 0 Å². The first-order valence-corrected chi connectivity index (χ1v) is 26.0. The van der Waals surface area contributed by atoms with Crippen LogP contribution in [0.2, 0.25) is 0 Å². The molecule has 3 aliphatic rings. The number of rotatable bonds is 14. The third-order valence-electron chi connectivity index (χ3n) is 15.5. The molecule has 1 fully saturated rings. The topological polar surface area (TPSA) is 113 Å². The molecule has 0 saturated heterocycles. The van der Waals surface area contributed by atoms with E-state index in [9.17, 15) is 9.90 Å². The van der Waals surface area contributed by atoms with Gasteiger partial charge in [-0.15, -0.1) is 0 Å². The number of carbonyl (C=O) groups excluding carboxylic acids is 1. The first-order chi connectivity index (χ1) is 35.8. The van der Waals surface area contributed by atoms with Gasteiger partial charge >= 0.3 is 5.97 Å². The molecule has 1 aliphatic carbocycles. The maximum atomic E-state index is 13.1. The molecule has 1 saturated carbocycles. The van der Waals surface area contributed by atoms with Gasteiger partial charge in [-0.2, -0.15) is 0 Å². The van der Waals surface area contributed by atoms with Crippen LogP contribution < -0.4 is 0 Å². The van der Waals surface area contributed by atoms with Gasteiger partial charge in [0, 0.05) is 63.8 Å². The molecule has 5 atom stereocenters. The molecule has 8 heteroatoms. The van der Waals surface area contributed by atoms with E-state index >= 15 is 0 Å². The zero-order valence-corrected chi connectivity index (χ0v) is 41.6. The highest BCUT2D eigenvalue weighted by Gasteiger charge is 2.48. The van der Waals surface area contributed by atoms with Gasteiger partial charge in [-0.1, -0.05) is 165 Å². The lowest BCUT2D eigenvalue weighted by Gasteiger charge is -2.47. The van der Waals surface area contributed by atoms with Gasteiger partial charge in [0.15, 0.2) is 0 Å². The number of carbonyl (C=O) groups is 1. The lowest BCUT2D eigenvalue weighted by atomic mass is 9.64. The largest absolute Gasteiger partial charge is 0.463 e. The van der Waals surface area contributed by atoms with Crippen molar-refractivity contribution in [3.05, 3.63) is 204 Å². The minimum Gasteiger partial charge on any atom is -0.463 e. The maximum absolute atomic E-state index is 13.1. The number of nitrogens with one attached hydrogen (secondary N) is 2. The van der Waals surface area contributed by atoms with Crippen LogP contribution in [0.1, 0.15) is 80.2 Å². The molecule has 0 amide bonds. The minimum atomic E-state index is -1.23. The highest BCUT2D eigenvalue weighted by Crippen LogP contribution is 2.49. The van der Waals surface area contributed by atoms with Gasteiger partial charge in [0.1, 0.15) is 12.2 Å². The molecule has 0 radical (unpaired) electrons. The molecule has 5 heterocycles. The third kappa shape index (κ3) is 9.98. The molecule has 8 bridgehead atoms. The van der Waals surface area contributed by atoms with E-state index in [-0.39, 0.29) is 36.2 Å². The van der Waals surface area contributed by atoms with Crippen molar-refractivity contribution in [2.45, 2.75) is 70.5 Å². The molecule has 8 aromatic rings. The molecular formula is C65H62N4O4. The highest BCUT2D eigenvalue weighted by atomic mass is 16.5. The maximum Gasteiger partial charge on any atom is 0.302 e. The average molecular weight is 963 g/mol. The van der Waals surface area contributed by atoms with Crippen molar-refractivity contribution in [3.63, 3.8) is 0 Å². The molecule has 366 valence electrons. The van der Waals surface area contributed by atoms with Gasteiger partial charge in [-0.25, -0.2) is 4.98 Å². The second-order valence-corrected chi connectivity index (χ2v) is 20.1. The fraction of sp³-hybridized carbons (Fsp3) is 0.246. The van der Waals surface area contributed by atoms with Crippen molar-refractivity contribution in [3.8, 4) is 44.5 Å². The molecule has 11 rings (SSSR count). The van der Waals surface area contributed by atoms with E-state index in [1.807, 2.05) is 18.2 Å². The number of aliphatic hydroxyl groups is 1. The molecule has 5 aromatic carbocycles. The monoisotopic (exact) mass is 962 g/mol. The number of ether oxygens (including phenoxy) is 2. The van der Waals surface area contributed by atoms with Crippen molar-refractivity contribution >= 4 is 40.2 Å². The van der Waals surface area contributed by atoms with E-state index in [4.69, 9.17) is 19.4 Å². The Kier molecular flexibility index (Phi) is 13.8. The van der Waals surface area contributed by atoms with Crippen molar-refractivity contribution < 1.29 is 19.4 Å². The normalized spacial score (nSPS) is 18.9. The Morgan fingerprint density at radius 2 is 1.08 bits per heavy atom. The van der Waals surface area contributed by atoms with Crippen LogP contribution in [0.15, 0.2) is 176 Å². The summed E-state index contributed by atoms with van der Waals surface area (Å²) in [6, 6.07) is 61.3. The van der Waals surface area contributed by atoms with Crippen molar-refractivity contribution in [1.29, 1.82) is 0 Å². The van der Waals surface area contributed by atoms with Gasteiger partial charge in [0.25, 0.3) is 0 Å². The summed E-state index contributed by atoms with van der Waals surface area (Å²) in [5.41, 5.74) is 15.9. The van der Waals surface area contributed by atoms with Crippen LogP contribution in [0.5, 0.6) is 0 Å². The smallest absolute Gasteiger partial charge is 0.302 e. The van der Waals surface area contributed by atoms with Gasteiger partial charge in [0.05, 0.1) is 29.4 Å². The molecular weight excluding hydrogens is 901 g/mol. The van der Waals surface area contributed by atoms with Crippen LogP contribution in [0, 0.1) is 17.8 Å². The molecule has 2 aliphatic heterocycles. The first-order valence-electron chi connectivity index (χ1n) is 26.0. The predicted molar refractivity (Wildman–Crippen MR) is 295 cm³/mol. The number of esters is 1.